The van der Waals surface area contributed by atoms with E-state index in [1.807, 2.05) is 6.07 Å². The first kappa shape index (κ1) is 23.1. The number of carboxylic acid groups (broad SMARTS) is 1. The summed E-state index contributed by atoms with van der Waals surface area (Å²) in [4.78, 5) is 11.0. The molecule has 0 unspecified atom stereocenters. The predicted molar refractivity (Wildman–Crippen MR) is 120 cm³/mol. The Hall–Kier alpha value is -2.61. The molecule has 0 heterocycles. The van der Waals surface area contributed by atoms with Crippen molar-refractivity contribution in [1.29, 1.82) is 0 Å². The molecule has 5 nitrogen and oxygen atoms in total. The molecule has 0 radical (unpaired) electrons. The molecule has 0 aliphatic carbocycles. The van der Waals surface area contributed by atoms with Crippen LogP contribution in [0.15, 0.2) is 59.1 Å². The standard InChI is InChI=1S/C23H20BrClFNO4/c1-30-21-10-9-18(24)16(12-27-11-14-5-7-15(8-6-14)23(28)29)22(21)31-13-17-19(25)3-2-4-20(17)26/h2-10,27H,11-13H2,1H3,(H,28,29). The minimum atomic E-state index is -0.962. The number of benzene rings is 3. The van der Waals surface area contributed by atoms with Gasteiger partial charge in [0, 0.05) is 28.7 Å². The van der Waals surface area contributed by atoms with Gasteiger partial charge in [-0.2, -0.15) is 0 Å². The number of methoxy groups -OCH3 is 1. The molecule has 0 fully saturated rings. The van der Waals surface area contributed by atoms with Gasteiger partial charge in [-0.1, -0.05) is 45.7 Å². The largest absolute Gasteiger partial charge is 0.493 e. The summed E-state index contributed by atoms with van der Waals surface area (Å²) in [7, 11) is 1.54. The Morgan fingerprint density at radius 2 is 1.84 bits per heavy atom. The van der Waals surface area contributed by atoms with Crippen LogP contribution >= 0.6 is 27.5 Å². The highest BCUT2D eigenvalue weighted by molar-refractivity contribution is 9.10. The summed E-state index contributed by atoms with van der Waals surface area (Å²) in [5.74, 6) is -0.411. The van der Waals surface area contributed by atoms with E-state index in [-0.39, 0.29) is 17.7 Å². The molecule has 31 heavy (non-hydrogen) atoms. The SMILES string of the molecule is COc1ccc(Br)c(CNCc2ccc(C(=O)O)cc2)c1OCc1c(F)cccc1Cl. The molecule has 2 N–H and O–H groups in total. The van der Waals surface area contributed by atoms with E-state index in [4.69, 9.17) is 26.2 Å². The number of carbonyl (C=O) groups is 1. The van der Waals surface area contributed by atoms with E-state index in [0.717, 1.165) is 15.6 Å². The molecule has 162 valence electrons. The minimum absolute atomic E-state index is 0.0536. The van der Waals surface area contributed by atoms with Gasteiger partial charge in [-0.25, -0.2) is 9.18 Å². The first-order chi connectivity index (χ1) is 14.9. The molecule has 0 aliphatic heterocycles. The van der Waals surface area contributed by atoms with Crippen LogP contribution in [-0.4, -0.2) is 18.2 Å². The molecular formula is C23H20BrClFNO4. The van der Waals surface area contributed by atoms with Crippen LogP contribution < -0.4 is 14.8 Å². The Morgan fingerprint density at radius 3 is 2.48 bits per heavy atom. The highest BCUT2D eigenvalue weighted by Gasteiger charge is 2.16. The quantitative estimate of drug-likeness (QED) is 0.381. The maximum atomic E-state index is 14.1. The van der Waals surface area contributed by atoms with Crippen molar-refractivity contribution in [2.75, 3.05) is 7.11 Å². The zero-order chi connectivity index (χ0) is 22.4. The second kappa shape index (κ2) is 10.6. The molecule has 0 bridgehead atoms. The highest BCUT2D eigenvalue weighted by atomic mass is 79.9. The lowest BCUT2D eigenvalue weighted by Gasteiger charge is -2.18. The number of hydrogen-bond donors (Lipinski definition) is 2. The maximum absolute atomic E-state index is 14.1. The van der Waals surface area contributed by atoms with Gasteiger partial charge in [-0.05, 0) is 42.0 Å². The topological polar surface area (TPSA) is 67.8 Å². The van der Waals surface area contributed by atoms with Gasteiger partial charge >= 0.3 is 5.97 Å². The lowest BCUT2D eigenvalue weighted by atomic mass is 10.1. The summed E-state index contributed by atoms with van der Waals surface area (Å²) in [6, 6.07) is 14.7. The van der Waals surface area contributed by atoms with E-state index in [1.165, 1.54) is 13.2 Å². The third kappa shape index (κ3) is 5.76. The number of ether oxygens (including phenoxy) is 2. The summed E-state index contributed by atoms with van der Waals surface area (Å²) >= 11 is 9.65. The summed E-state index contributed by atoms with van der Waals surface area (Å²) in [5.41, 5.74) is 2.24. The van der Waals surface area contributed by atoms with Crippen molar-refractivity contribution in [2.45, 2.75) is 19.7 Å². The smallest absolute Gasteiger partial charge is 0.335 e. The molecule has 3 aromatic carbocycles. The Morgan fingerprint density at radius 1 is 1.10 bits per heavy atom. The molecular weight excluding hydrogens is 489 g/mol. The third-order valence-corrected chi connectivity index (χ3v) is 5.74. The predicted octanol–water partition coefficient (Wildman–Crippen LogP) is 5.82. The zero-order valence-corrected chi connectivity index (χ0v) is 19.0. The van der Waals surface area contributed by atoms with Gasteiger partial charge in [0.2, 0.25) is 0 Å². The van der Waals surface area contributed by atoms with Crippen molar-refractivity contribution < 1.29 is 23.8 Å². The summed E-state index contributed by atoms with van der Waals surface area (Å²) in [5, 5.41) is 12.6. The van der Waals surface area contributed by atoms with Crippen molar-refractivity contribution in [1.82, 2.24) is 5.32 Å². The Bertz CT molecular complexity index is 1060. The average molecular weight is 509 g/mol. The monoisotopic (exact) mass is 507 g/mol. The van der Waals surface area contributed by atoms with E-state index in [2.05, 4.69) is 21.2 Å². The number of carboxylic acids is 1. The molecule has 3 rings (SSSR count). The van der Waals surface area contributed by atoms with Crippen LogP contribution in [0.2, 0.25) is 5.02 Å². The van der Waals surface area contributed by atoms with Crippen molar-refractivity contribution in [3.8, 4) is 11.5 Å². The average Bonchev–Trinajstić information content (AvgIpc) is 2.75. The van der Waals surface area contributed by atoms with Crippen LogP contribution in [0.25, 0.3) is 0 Å². The lowest BCUT2D eigenvalue weighted by Crippen LogP contribution is -2.15. The number of hydrogen-bond acceptors (Lipinski definition) is 4. The molecule has 0 spiro atoms. The maximum Gasteiger partial charge on any atom is 0.335 e. The summed E-state index contributed by atoms with van der Waals surface area (Å²) in [6.45, 7) is 0.892. The molecule has 0 aromatic heterocycles. The molecule has 0 saturated carbocycles. The van der Waals surface area contributed by atoms with Crippen molar-refractivity contribution in [2.24, 2.45) is 0 Å². The Balaban J connectivity index is 1.75. The summed E-state index contributed by atoms with van der Waals surface area (Å²) in [6.07, 6.45) is 0. The first-order valence-corrected chi connectivity index (χ1v) is 10.5. The van der Waals surface area contributed by atoms with Gasteiger partial charge in [0.1, 0.15) is 12.4 Å². The fourth-order valence-corrected chi connectivity index (χ4v) is 3.65. The molecule has 8 heteroatoms. The molecule has 0 atom stereocenters. The van der Waals surface area contributed by atoms with Gasteiger partial charge in [0.15, 0.2) is 11.5 Å². The van der Waals surface area contributed by atoms with Crippen molar-refractivity contribution in [3.05, 3.63) is 92.2 Å². The zero-order valence-electron chi connectivity index (χ0n) is 16.6. The number of nitrogens with one attached hydrogen (secondary N) is 1. The number of aromatic carboxylic acids is 1. The fourth-order valence-electron chi connectivity index (χ4n) is 2.98. The minimum Gasteiger partial charge on any atom is -0.493 e. The molecule has 0 aliphatic rings. The fraction of sp³-hybridized carbons (Fsp3) is 0.174. The highest BCUT2D eigenvalue weighted by Crippen LogP contribution is 2.37. The molecule has 0 saturated heterocycles. The molecule has 0 amide bonds. The Labute approximate surface area is 192 Å². The van der Waals surface area contributed by atoms with Gasteiger partial charge in [0.05, 0.1) is 17.7 Å². The van der Waals surface area contributed by atoms with Gasteiger partial charge in [-0.3, -0.25) is 0 Å². The van der Waals surface area contributed by atoms with E-state index >= 15 is 0 Å². The third-order valence-electron chi connectivity index (χ3n) is 4.64. The van der Waals surface area contributed by atoms with Gasteiger partial charge in [0.25, 0.3) is 0 Å². The van der Waals surface area contributed by atoms with Crippen LogP contribution in [0.4, 0.5) is 4.39 Å². The Kier molecular flexibility index (Phi) is 7.90. The van der Waals surface area contributed by atoms with E-state index < -0.39 is 11.8 Å². The van der Waals surface area contributed by atoms with Crippen molar-refractivity contribution >= 4 is 33.5 Å². The van der Waals surface area contributed by atoms with Crippen molar-refractivity contribution in [3.63, 3.8) is 0 Å². The first-order valence-electron chi connectivity index (χ1n) is 9.34. The van der Waals surface area contributed by atoms with Crippen LogP contribution in [0.1, 0.15) is 27.0 Å². The van der Waals surface area contributed by atoms with Crippen LogP contribution in [-0.2, 0) is 19.7 Å². The van der Waals surface area contributed by atoms with Gasteiger partial charge < -0.3 is 19.9 Å². The lowest BCUT2D eigenvalue weighted by molar-refractivity contribution is 0.0697. The van der Waals surface area contributed by atoms with E-state index in [1.54, 1.807) is 42.5 Å². The molecule has 3 aromatic rings. The summed E-state index contributed by atoms with van der Waals surface area (Å²) < 4.78 is 26.3. The number of halogens is 3. The normalized spacial score (nSPS) is 10.7. The van der Waals surface area contributed by atoms with E-state index in [9.17, 15) is 9.18 Å². The van der Waals surface area contributed by atoms with Gasteiger partial charge in [-0.15, -0.1) is 0 Å². The van der Waals surface area contributed by atoms with E-state index in [0.29, 0.717) is 29.6 Å². The second-order valence-corrected chi connectivity index (χ2v) is 7.91. The number of rotatable bonds is 9. The van der Waals surface area contributed by atoms with Crippen LogP contribution in [0, 0.1) is 5.82 Å². The second-order valence-electron chi connectivity index (χ2n) is 6.65. The van der Waals surface area contributed by atoms with Crippen LogP contribution in [0.5, 0.6) is 11.5 Å². The van der Waals surface area contributed by atoms with Crippen LogP contribution in [0.3, 0.4) is 0 Å².